The molecule has 1 N–H and O–H groups in total. The van der Waals surface area contributed by atoms with Crippen molar-refractivity contribution in [2.45, 2.75) is 0 Å². The Labute approximate surface area is 196 Å². The van der Waals surface area contributed by atoms with Gasteiger partial charge in [0.2, 0.25) is 0 Å². The second-order valence-corrected chi connectivity index (χ2v) is 9.81. The predicted octanol–water partition coefficient (Wildman–Crippen LogP) is 7.51. The van der Waals surface area contributed by atoms with Crippen LogP contribution in [0.2, 0.25) is 0 Å². The van der Waals surface area contributed by atoms with Gasteiger partial charge in [0.05, 0.1) is 28.6 Å². The minimum absolute atomic E-state index is 0.270. The zero-order chi connectivity index (χ0) is 20.5. The first-order valence-corrected chi connectivity index (χ1v) is 11.7. The average Bonchev–Trinajstić information content (AvgIpc) is 3.13. The number of benzene rings is 3. The Balaban J connectivity index is 1.80. The van der Waals surface area contributed by atoms with E-state index in [2.05, 4.69) is 53.1 Å². The van der Waals surface area contributed by atoms with E-state index < -0.39 is 0 Å². The third kappa shape index (κ3) is 4.26. The Morgan fingerprint density at radius 3 is 2.59 bits per heavy atom. The van der Waals surface area contributed by atoms with E-state index >= 15 is 0 Å². The normalized spacial score (nSPS) is 10.9. The summed E-state index contributed by atoms with van der Waals surface area (Å²) in [5, 5.41) is 3.85. The second-order valence-electron chi connectivity index (χ2n) is 6.10. The van der Waals surface area contributed by atoms with Crippen LogP contribution in [-0.4, -0.2) is 18.0 Å². The van der Waals surface area contributed by atoms with Gasteiger partial charge in [0.1, 0.15) is 10.8 Å². The minimum Gasteiger partial charge on any atom is -0.496 e. The van der Waals surface area contributed by atoms with E-state index in [9.17, 15) is 4.79 Å². The molecular weight excluding hydrogens is 584 g/mol. The van der Waals surface area contributed by atoms with Crippen LogP contribution < -0.4 is 10.1 Å². The highest BCUT2D eigenvalue weighted by molar-refractivity contribution is 9.11. The number of thiazole rings is 1. The number of carbonyl (C=O) groups is 1. The van der Waals surface area contributed by atoms with Crippen LogP contribution in [0.15, 0.2) is 68.0 Å². The minimum atomic E-state index is -0.270. The van der Waals surface area contributed by atoms with Gasteiger partial charge in [-0.05, 0) is 58.4 Å². The molecule has 4 aromatic rings. The van der Waals surface area contributed by atoms with Gasteiger partial charge in [-0.1, -0.05) is 44.0 Å². The summed E-state index contributed by atoms with van der Waals surface area (Å²) >= 11 is 12.1. The van der Waals surface area contributed by atoms with Crippen molar-refractivity contribution in [2.24, 2.45) is 0 Å². The van der Waals surface area contributed by atoms with Crippen LogP contribution in [0.1, 0.15) is 10.4 Å². The van der Waals surface area contributed by atoms with E-state index in [4.69, 9.17) is 9.72 Å². The maximum absolute atomic E-state index is 13.1. The second kappa shape index (κ2) is 8.55. The topological polar surface area (TPSA) is 51.2 Å². The number of para-hydroxylation sites is 1. The highest BCUT2D eigenvalue weighted by Crippen LogP contribution is 2.41. The molecule has 146 valence electrons. The molecule has 0 unspecified atom stereocenters. The Morgan fingerprint density at radius 2 is 1.83 bits per heavy atom. The number of aromatic nitrogens is 1. The molecule has 0 radical (unpaired) electrons. The van der Waals surface area contributed by atoms with Crippen LogP contribution in [0.25, 0.3) is 20.8 Å². The number of fused-ring (bicyclic) bond motifs is 1. The van der Waals surface area contributed by atoms with E-state index in [-0.39, 0.29) is 5.91 Å². The summed E-state index contributed by atoms with van der Waals surface area (Å²) in [5.74, 6) is 0.231. The lowest BCUT2D eigenvalue weighted by Crippen LogP contribution is -2.14. The van der Waals surface area contributed by atoms with Crippen molar-refractivity contribution >= 4 is 80.9 Å². The lowest BCUT2D eigenvalue weighted by molar-refractivity contribution is 0.102. The van der Waals surface area contributed by atoms with Crippen molar-refractivity contribution in [2.75, 3.05) is 12.4 Å². The van der Waals surface area contributed by atoms with E-state index in [0.29, 0.717) is 17.0 Å². The molecule has 1 aromatic heterocycles. The van der Waals surface area contributed by atoms with Gasteiger partial charge in [-0.3, -0.25) is 4.79 Å². The van der Waals surface area contributed by atoms with E-state index in [1.54, 1.807) is 30.6 Å². The number of anilines is 1. The molecule has 1 amide bonds. The summed E-state index contributed by atoms with van der Waals surface area (Å²) in [6, 6.07) is 17.1. The van der Waals surface area contributed by atoms with Crippen LogP contribution >= 0.6 is 59.1 Å². The summed E-state index contributed by atoms with van der Waals surface area (Å²) in [5.41, 5.74) is 2.84. The molecule has 0 aliphatic heterocycles. The molecule has 0 aliphatic rings. The standard InChI is InChI=1S/C21H13Br3N2O2S/c1-28-17-7-6-11(22)8-13(17)20(27)26-19-14(9-12(23)10-15(19)24)21-25-16-4-2-3-5-18(16)29-21/h2-10H,1H3,(H,26,27). The highest BCUT2D eigenvalue weighted by Gasteiger charge is 2.19. The Morgan fingerprint density at radius 1 is 1.03 bits per heavy atom. The number of halogens is 3. The van der Waals surface area contributed by atoms with Gasteiger partial charge in [-0.25, -0.2) is 4.98 Å². The van der Waals surface area contributed by atoms with Gasteiger partial charge in [0.25, 0.3) is 5.91 Å². The van der Waals surface area contributed by atoms with Gasteiger partial charge in [-0.15, -0.1) is 11.3 Å². The van der Waals surface area contributed by atoms with Crippen molar-refractivity contribution in [1.29, 1.82) is 0 Å². The Kier molecular flexibility index (Phi) is 6.06. The summed E-state index contributed by atoms with van der Waals surface area (Å²) < 4.78 is 8.87. The van der Waals surface area contributed by atoms with Gasteiger partial charge in [0.15, 0.2) is 0 Å². The van der Waals surface area contributed by atoms with Crippen LogP contribution in [-0.2, 0) is 0 Å². The fourth-order valence-electron chi connectivity index (χ4n) is 2.90. The fraction of sp³-hybridized carbons (Fsp3) is 0.0476. The van der Waals surface area contributed by atoms with E-state index in [0.717, 1.165) is 34.2 Å². The third-order valence-electron chi connectivity index (χ3n) is 4.22. The monoisotopic (exact) mass is 594 g/mol. The molecule has 0 spiro atoms. The van der Waals surface area contributed by atoms with Crippen molar-refractivity contribution in [3.05, 3.63) is 73.6 Å². The predicted molar refractivity (Wildman–Crippen MR) is 129 cm³/mol. The molecule has 0 atom stereocenters. The zero-order valence-corrected chi connectivity index (χ0v) is 20.6. The molecule has 0 bridgehead atoms. The number of carbonyl (C=O) groups excluding carboxylic acids is 1. The molecule has 3 aromatic carbocycles. The fourth-order valence-corrected chi connectivity index (χ4v) is 5.57. The maximum atomic E-state index is 13.1. The first kappa shape index (κ1) is 20.5. The molecule has 8 heteroatoms. The van der Waals surface area contributed by atoms with Gasteiger partial charge in [0, 0.05) is 19.0 Å². The molecule has 0 saturated heterocycles. The largest absolute Gasteiger partial charge is 0.496 e. The lowest BCUT2D eigenvalue weighted by Gasteiger charge is -2.14. The van der Waals surface area contributed by atoms with Crippen LogP contribution in [0.5, 0.6) is 5.75 Å². The van der Waals surface area contributed by atoms with Crippen molar-refractivity contribution in [3.8, 4) is 16.3 Å². The van der Waals surface area contributed by atoms with Crippen molar-refractivity contribution in [1.82, 2.24) is 4.98 Å². The quantitative estimate of drug-likeness (QED) is 0.265. The molecule has 0 fully saturated rings. The Bertz CT molecular complexity index is 1210. The first-order chi connectivity index (χ1) is 14.0. The van der Waals surface area contributed by atoms with E-state index in [1.165, 1.54) is 0 Å². The average molecular weight is 597 g/mol. The molecule has 4 nitrogen and oxygen atoms in total. The third-order valence-corrected chi connectivity index (χ3v) is 6.87. The zero-order valence-electron chi connectivity index (χ0n) is 15.0. The number of nitrogens with one attached hydrogen (secondary N) is 1. The lowest BCUT2D eigenvalue weighted by atomic mass is 10.1. The number of amides is 1. The number of hydrogen-bond donors (Lipinski definition) is 1. The number of hydrogen-bond acceptors (Lipinski definition) is 4. The molecule has 4 rings (SSSR count). The highest BCUT2D eigenvalue weighted by atomic mass is 79.9. The summed E-state index contributed by atoms with van der Waals surface area (Å²) in [6.45, 7) is 0. The van der Waals surface area contributed by atoms with Crippen LogP contribution in [0.4, 0.5) is 5.69 Å². The van der Waals surface area contributed by atoms with Crippen molar-refractivity contribution < 1.29 is 9.53 Å². The smallest absolute Gasteiger partial charge is 0.259 e. The van der Waals surface area contributed by atoms with Crippen LogP contribution in [0.3, 0.4) is 0 Å². The molecular formula is C21H13Br3N2O2S. The number of nitrogens with zero attached hydrogens (tertiary/aromatic N) is 1. The van der Waals surface area contributed by atoms with Crippen LogP contribution in [0, 0.1) is 0 Å². The van der Waals surface area contributed by atoms with Gasteiger partial charge >= 0.3 is 0 Å². The van der Waals surface area contributed by atoms with E-state index in [1.807, 2.05) is 42.5 Å². The first-order valence-electron chi connectivity index (χ1n) is 8.46. The summed E-state index contributed by atoms with van der Waals surface area (Å²) in [6.07, 6.45) is 0. The number of methoxy groups -OCH3 is 1. The molecule has 1 heterocycles. The maximum Gasteiger partial charge on any atom is 0.259 e. The molecule has 0 saturated carbocycles. The SMILES string of the molecule is COc1ccc(Br)cc1C(=O)Nc1c(Br)cc(Br)cc1-c1nc2ccccc2s1. The molecule has 0 aliphatic carbocycles. The molecule has 29 heavy (non-hydrogen) atoms. The number of ether oxygens (including phenoxy) is 1. The summed E-state index contributed by atoms with van der Waals surface area (Å²) in [7, 11) is 1.54. The number of rotatable bonds is 4. The van der Waals surface area contributed by atoms with Crippen molar-refractivity contribution in [3.63, 3.8) is 0 Å². The van der Waals surface area contributed by atoms with Gasteiger partial charge in [-0.2, -0.15) is 0 Å². The van der Waals surface area contributed by atoms with Gasteiger partial charge < -0.3 is 10.1 Å². The Hall–Kier alpha value is -1.74. The summed E-state index contributed by atoms with van der Waals surface area (Å²) in [4.78, 5) is 17.8.